The maximum atomic E-state index is 5.51. The quantitative estimate of drug-likeness (QED) is 0.401. The van der Waals surface area contributed by atoms with Gasteiger partial charge in [-0.2, -0.15) is 0 Å². The molecule has 0 aliphatic carbocycles. The zero-order valence-corrected chi connectivity index (χ0v) is 7.10. The van der Waals surface area contributed by atoms with Gasteiger partial charge in [-0.3, -0.25) is 0 Å². The van der Waals surface area contributed by atoms with Crippen LogP contribution in [0.15, 0.2) is 0 Å². The molecule has 1 aliphatic rings. The van der Waals surface area contributed by atoms with Gasteiger partial charge in [-0.15, -0.1) is 0 Å². The van der Waals surface area contributed by atoms with Crippen LogP contribution in [0.4, 0.5) is 0 Å². The molecule has 0 radical (unpaired) electrons. The van der Waals surface area contributed by atoms with Gasteiger partial charge in [0.25, 0.3) is 0 Å². The number of nitrogens with two attached hydrogens (primary N) is 2. The van der Waals surface area contributed by atoms with Gasteiger partial charge < -0.3 is 0 Å². The van der Waals surface area contributed by atoms with Crippen molar-refractivity contribution in [2.24, 2.45) is 11.5 Å². The predicted octanol–water partition coefficient (Wildman–Crippen LogP) is 0.140. The summed E-state index contributed by atoms with van der Waals surface area (Å²) >= 11 is -0.595. The third kappa shape index (κ3) is 1.14. The molecule has 2 nitrogen and oxygen atoms in total. The van der Waals surface area contributed by atoms with E-state index in [1.807, 2.05) is 0 Å². The van der Waals surface area contributed by atoms with Crippen molar-refractivity contribution in [3.63, 3.8) is 0 Å². The van der Waals surface area contributed by atoms with Crippen LogP contribution >= 0.6 is 19.8 Å². The molecule has 0 saturated carbocycles. The van der Waals surface area contributed by atoms with E-state index >= 15 is 0 Å². The van der Waals surface area contributed by atoms with E-state index in [1.165, 1.54) is 10.8 Å². The van der Waals surface area contributed by atoms with Gasteiger partial charge in [-0.1, -0.05) is 0 Å². The Hall–Kier alpha value is 0.650. The molecule has 4 N–H and O–H groups in total. The average molecular weight is 228 g/mol. The Kier molecular flexibility index (Phi) is 2.52. The van der Waals surface area contributed by atoms with E-state index in [1.54, 1.807) is 0 Å². The number of hydrogen-bond acceptors (Lipinski definition) is 2. The summed E-state index contributed by atoms with van der Waals surface area (Å²) in [6, 6.07) is 0. The van der Waals surface area contributed by atoms with Crippen molar-refractivity contribution in [2.45, 2.75) is 10.3 Å². The van der Waals surface area contributed by atoms with Crippen molar-refractivity contribution in [3.8, 4) is 0 Å². The standard InChI is InChI=1S/C5H13IN2/c7-3-5-1-2-6(5)4-8/h5H,1-4,7-8H2. The predicted molar refractivity (Wildman–Crippen MR) is 45.4 cm³/mol. The van der Waals surface area contributed by atoms with Crippen molar-refractivity contribution in [3.05, 3.63) is 0 Å². The first-order valence-corrected chi connectivity index (χ1v) is 7.18. The molecule has 0 aromatic rings. The van der Waals surface area contributed by atoms with Gasteiger partial charge in [0.15, 0.2) is 0 Å². The van der Waals surface area contributed by atoms with Gasteiger partial charge in [0.2, 0.25) is 0 Å². The van der Waals surface area contributed by atoms with Crippen LogP contribution in [0.25, 0.3) is 0 Å². The topological polar surface area (TPSA) is 52.0 Å². The van der Waals surface area contributed by atoms with Gasteiger partial charge in [0, 0.05) is 0 Å². The van der Waals surface area contributed by atoms with E-state index in [0.717, 1.165) is 15.0 Å². The molecule has 1 atom stereocenters. The molecule has 1 unspecified atom stereocenters. The number of rotatable bonds is 2. The third-order valence-electron chi connectivity index (χ3n) is 1.56. The van der Waals surface area contributed by atoms with Crippen molar-refractivity contribution in [1.29, 1.82) is 0 Å². The normalized spacial score (nSPS) is 32.2. The van der Waals surface area contributed by atoms with Crippen LogP contribution in [-0.4, -0.2) is 19.4 Å². The van der Waals surface area contributed by atoms with Crippen LogP contribution < -0.4 is 11.5 Å². The summed E-state index contributed by atoms with van der Waals surface area (Å²) in [5, 5.41) is 0. The summed E-state index contributed by atoms with van der Waals surface area (Å²) in [4.78, 5) is 0. The van der Waals surface area contributed by atoms with Crippen LogP contribution in [0.2, 0.25) is 0 Å². The first-order chi connectivity index (χ1) is 3.88. The molecular formula is C5H13IN2. The SMILES string of the molecule is NCC1CCI1CN. The van der Waals surface area contributed by atoms with Crippen LogP contribution in [-0.2, 0) is 0 Å². The van der Waals surface area contributed by atoms with Crippen LogP contribution in [0.1, 0.15) is 6.42 Å². The third-order valence-corrected chi connectivity index (χ3v) is 8.32. The molecule has 1 aliphatic heterocycles. The first-order valence-electron chi connectivity index (χ1n) is 2.89. The van der Waals surface area contributed by atoms with E-state index in [4.69, 9.17) is 11.5 Å². The summed E-state index contributed by atoms with van der Waals surface area (Å²) in [7, 11) is 0. The molecule has 0 spiro atoms. The molecular weight excluding hydrogens is 215 g/mol. The van der Waals surface area contributed by atoms with Crippen LogP contribution in [0, 0.1) is 0 Å². The second-order valence-corrected chi connectivity index (χ2v) is 8.52. The Balaban J connectivity index is 2.16. The minimum atomic E-state index is -0.595. The Labute approximate surface area is 57.4 Å². The summed E-state index contributed by atoms with van der Waals surface area (Å²) < 4.78 is 3.36. The molecule has 1 heterocycles. The summed E-state index contributed by atoms with van der Waals surface area (Å²) in [5.74, 6) is 0. The Bertz CT molecular complexity index is 62.8. The van der Waals surface area contributed by atoms with E-state index in [-0.39, 0.29) is 0 Å². The molecule has 0 aromatic heterocycles. The fourth-order valence-corrected chi connectivity index (χ4v) is 5.13. The van der Waals surface area contributed by atoms with E-state index < -0.39 is 19.8 Å². The average Bonchev–Trinajstić information content (AvgIpc) is 1.66. The van der Waals surface area contributed by atoms with E-state index in [9.17, 15) is 0 Å². The van der Waals surface area contributed by atoms with Crippen molar-refractivity contribution in [2.75, 3.05) is 15.5 Å². The van der Waals surface area contributed by atoms with Gasteiger partial charge in [-0.25, -0.2) is 0 Å². The molecule has 1 fully saturated rings. The van der Waals surface area contributed by atoms with Crippen LogP contribution in [0.5, 0.6) is 0 Å². The zero-order chi connectivity index (χ0) is 5.98. The summed E-state index contributed by atoms with van der Waals surface area (Å²) in [6.07, 6.45) is 1.37. The fraction of sp³-hybridized carbons (Fsp3) is 1.00. The second kappa shape index (κ2) is 2.98. The number of halogens is 1. The van der Waals surface area contributed by atoms with Gasteiger partial charge in [0.1, 0.15) is 0 Å². The molecule has 0 amide bonds. The van der Waals surface area contributed by atoms with E-state index in [2.05, 4.69) is 0 Å². The minimum absolute atomic E-state index is 0.595. The Morgan fingerprint density at radius 1 is 1.50 bits per heavy atom. The number of hydrogen-bond donors (Lipinski definition) is 2. The molecule has 1 rings (SSSR count). The number of alkyl halides is 3. The van der Waals surface area contributed by atoms with Gasteiger partial charge in [-0.05, 0) is 0 Å². The summed E-state index contributed by atoms with van der Waals surface area (Å²) in [5.41, 5.74) is 11.0. The molecule has 0 aromatic carbocycles. The van der Waals surface area contributed by atoms with Crippen molar-refractivity contribution in [1.82, 2.24) is 0 Å². The Morgan fingerprint density at radius 3 is 2.38 bits per heavy atom. The maximum absolute atomic E-state index is 5.51. The van der Waals surface area contributed by atoms with Gasteiger partial charge in [0.05, 0.1) is 0 Å². The second-order valence-electron chi connectivity index (χ2n) is 1.96. The molecule has 3 heteroatoms. The fourth-order valence-electron chi connectivity index (χ4n) is 0.865. The monoisotopic (exact) mass is 228 g/mol. The van der Waals surface area contributed by atoms with Crippen LogP contribution in [0.3, 0.4) is 0 Å². The first kappa shape index (κ1) is 6.77. The van der Waals surface area contributed by atoms with E-state index in [0.29, 0.717) is 0 Å². The molecule has 1 saturated heterocycles. The van der Waals surface area contributed by atoms with Gasteiger partial charge >= 0.3 is 57.2 Å². The molecule has 0 bridgehead atoms. The summed E-state index contributed by atoms with van der Waals surface area (Å²) in [6.45, 7) is 0.905. The van der Waals surface area contributed by atoms with Crippen molar-refractivity contribution >= 4 is 19.8 Å². The van der Waals surface area contributed by atoms with Crippen molar-refractivity contribution < 1.29 is 0 Å². The zero-order valence-electron chi connectivity index (χ0n) is 4.94. The Morgan fingerprint density at radius 2 is 2.25 bits per heavy atom. The molecule has 50 valence electrons. The molecule has 8 heavy (non-hydrogen) atoms.